The van der Waals surface area contributed by atoms with Gasteiger partial charge in [0.2, 0.25) is 0 Å². The molecule has 0 aliphatic rings. The van der Waals surface area contributed by atoms with Crippen molar-refractivity contribution in [2.24, 2.45) is 7.05 Å². The second-order valence-corrected chi connectivity index (χ2v) is 7.24. The second-order valence-electron chi connectivity index (χ2n) is 7.24. The Hall–Kier alpha value is -3.75. The molecule has 0 aliphatic carbocycles. The molecular weight excluding hydrogens is 416 g/mol. The number of aryl methyl sites for hydroxylation is 1. The monoisotopic (exact) mass is 439 g/mol. The van der Waals surface area contributed by atoms with Crippen molar-refractivity contribution in [3.05, 3.63) is 54.5 Å². The van der Waals surface area contributed by atoms with Gasteiger partial charge >= 0.3 is 0 Å². The van der Waals surface area contributed by atoms with E-state index in [1.54, 1.807) is 40.2 Å². The number of fused-ring (bicyclic) bond motifs is 1. The van der Waals surface area contributed by atoms with Crippen LogP contribution < -0.4 is 14.4 Å². The predicted molar refractivity (Wildman–Crippen MR) is 118 cm³/mol. The highest BCUT2D eigenvalue weighted by atomic mass is 19.1. The summed E-state index contributed by atoms with van der Waals surface area (Å²) in [7, 11) is 4.48. The number of anilines is 2. The molecule has 0 unspecified atom stereocenters. The molecule has 0 radical (unpaired) electrons. The average Bonchev–Trinajstić information content (AvgIpc) is 3.24. The van der Waals surface area contributed by atoms with Crippen LogP contribution in [0, 0.1) is 11.6 Å². The standard InChI is InChI=1S/C23H23F2N5O2/c1-5-8-30(23-21(24)19(31-3)10-20(32-4)22(23)25)15-6-7-16-17(9-15)28-18(12-26-16)14-11-27-29(2)13-14/h6-7,9-13H,5,8H2,1-4H3. The van der Waals surface area contributed by atoms with E-state index >= 15 is 8.78 Å². The molecule has 4 aromatic rings. The summed E-state index contributed by atoms with van der Waals surface area (Å²) in [4.78, 5) is 10.7. The van der Waals surface area contributed by atoms with Crippen molar-refractivity contribution in [2.75, 3.05) is 25.7 Å². The predicted octanol–water partition coefficient (Wildman–Crippen LogP) is 4.87. The molecule has 166 valence electrons. The number of benzene rings is 2. The number of rotatable bonds is 7. The summed E-state index contributed by atoms with van der Waals surface area (Å²) < 4.78 is 42.3. The van der Waals surface area contributed by atoms with Gasteiger partial charge in [-0.3, -0.25) is 9.67 Å². The second kappa shape index (κ2) is 8.78. The fraction of sp³-hybridized carbons (Fsp3) is 0.261. The first-order valence-electron chi connectivity index (χ1n) is 10.1. The third kappa shape index (κ3) is 3.81. The molecule has 2 heterocycles. The summed E-state index contributed by atoms with van der Waals surface area (Å²) in [6, 6.07) is 6.51. The Balaban J connectivity index is 1.86. The number of ether oxygens (including phenoxy) is 2. The fourth-order valence-corrected chi connectivity index (χ4v) is 3.56. The Labute approximate surface area is 184 Å². The first-order valence-corrected chi connectivity index (χ1v) is 10.1. The molecule has 7 nitrogen and oxygen atoms in total. The van der Waals surface area contributed by atoms with E-state index in [0.717, 1.165) is 5.56 Å². The topological polar surface area (TPSA) is 65.3 Å². The normalized spacial score (nSPS) is 11.1. The van der Waals surface area contributed by atoms with E-state index in [4.69, 9.17) is 9.47 Å². The van der Waals surface area contributed by atoms with E-state index in [1.807, 2.05) is 20.2 Å². The van der Waals surface area contributed by atoms with Crippen molar-refractivity contribution in [3.8, 4) is 22.8 Å². The van der Waals surface area contributed by atoms with Gasteiger partial charge in [0.05, 0.1) is 43.3 Å². The van der Waals surface area contributed by atoms with Gasteiger partial charge in [-0.05, 0) is 24.6 Å². The Morgan fingerprint density at radius 3 is 2.31 bits per heavy atom. The number of aromatic nitrogens is 4. The van der Waals surface area contributed by atoms with Crippen molar-refractivity contribution >= 4 is 22.4 Å². The van der Waals surface area contributed by atoms with Crippen molar-refractivity contribution < 1.29 is 18.3 Å². The van der Waals surface area contributed by atoms with Gasteiger partial charge in [-0.2, -0.15) is 5.10 Å². The van der Waals surface area contributed by atoms with Crippen LogP contribution in [0.4, 0.5) is 20.2 Å². The van der Waals surface area contributed by atoms with E-state index in [0.29, 0.717) is 35.4 Å². The zero-order valence-corrected chi connectivity index (χ0v) is 18.3. The average molecular weight is 439 g/mol. The third-order valence-electron chi connectivity index (χ3n) is 5.11. The molecule has 0 bridgehead atoms. The van der Waals surface area contributed by atoms with Crippen molar-refractivity contribution in [2.45, 2.75) is 13.3 Å². The lowest BCUT2D eigenvalue weighted by atomic mass is 10.1. The number of hydrogen-bond acceptors (Lipinski definition) is 6. The number of methoxy groups -OCH3 is 2. The summed E-state index contributed by atoms with van der Waals surface area (Å²) in [5.41, 5.74) is 3.09. The van der Waals surface area contributed by atoms with Gasteiger partial charge in [-0.1, -0.05) is 6.92 Å². The van der Waals surface area contributed by atoms with Crippen LogP contribution in [0.2, 0.25) is 0 Å². The molecular formula is C23H23F2N5O2. The molecule has 0 aliphatic heterocycles. The zero-order chi connectivity index (χ0) is 22.8. The molecule has 9 heteroatoms. The maximum Gasteiger partial charge on any atom is 0.191 e. The van der Waals surface area contributed by atoms with Crippen LogP contribution in [0.15, 0.2) is 42.9 Å². The summed E-state index contributed by atoms with van der Waals surface area (Å²) in [5.74, 6) is -1.79. The van der Waals surface area contributed by atoms with E-state index in [2.05, 4.69) is 15.1 Å². The van der Waals surface area contributed by atoms with Crippen LogP contribution in [-0.4, -0.2) is 40.5 Å². The lowest BCUT2D eigenvalue weighted by Gasteiger charge is -2.27. The first kappa shape index (κ1) is 21.5. The SMILES string of the molecule is CCCN(c1ccc2ncc(-c3cnn(C)c3)nc2c1)c1c(F)c(OC)cc(OC)c1F. The Morgan fingerprint density at radius 1 is 1.00 bits per heavy atom. The van der Waals surface area contributed by atoms with Crippen LogP contribution in [0.5, 0.6) is 11.5 Å². The molecule has 0 N–H and O–H groups in total. The molecule has 32 heavy (non-hydrogen) atoms. The summed E-state index contributed by atoms with van der Waals surface area (Å²) in [6.45, 7) is 2.30. The van der Waals surface area contributed by atoms with Crippen LogP contribution >= 0.6 is 0 Å². The highest BCUT2D eigenvalue weighted by Gasteiger charge is 2.26. The summed E-state index contributed by atoms with van der Waals surface area (Å²) >= 11 is 0. The van der Waals surface area contributed by atoms with Crippen LogP contribution in [0.3, 0.4) is 0 Å². The fourth-order valence-electron chi connectivity index (χ4n) is 3.56. The van der Waals surface area contributed by atoms with Gasteiger partial charge in [0, 0.05) is 37.1 Å². The highest BCUT2D eigenvalue weighted by molar-refractivity contribution is 5.83. The Kier molecular flexibility index (Phi) is 5.89. The maximum absolute atomic E-state index is 15.2. The minimum atomic E-state index is -0.797. The number of nitrogens with zero attached hydrogens (tertiary/aromatic N) is 5. The lowest BCUT2D eigenvalue weighted by Crippen LogP contribution is -2.21. The highest BCUT2D eigenvalue weighted by Crippen LogP contribution is 2.40. The van der Waals surface area contributed by atoms with Crippen molar-refractivity contribution in [3.63, 3.8) is 0 Å². The van der Waals surface area contributed by atoms with Crippen LogP contribution in [0.1, 0.15) is 13.3 Å². The van der Waals surface area contributed by atoms with E-state index < -0.39 is 11.6 Å². The van der Waals surface area contributed by atoms with E-state index in [-0.39, 0.29) is 17.2 Å². The maximum atomic E-state index is 15.2. The molecule has 0 amide bonds. The van der Waals surface area contributed by atoms with Gasteiger partial charge in [0.1, 0.15) is 5.69 Å². The Bertz CT molecular complexity index is 1250. The van der Waals surface area contributed by atoms with Gasteiger partial charge < -0.3 is 14.4 Å². The molecule has 4 rings (SSSR count). The molecule has 0 saturated carbocycles. The molecule has 0 saturated heterocycles. The van der Waals surface area contributed by atoms with E-state index in [9.17, 15) is 0 Å². The summed E-state index contributed by atoms with van der Waals surface area (Å²) in [5, 5.41) is 4.17. The summed E-state index contributed by atoms with van der Waals surface area (Å²) in [6.07, 6.45) is 5.87. The van der Waals surface area contributed by atoms with Crippen molar-refractivity contribution in [1.29, 1.82) is 0 Å². The largest absolute Gasteiger partial charge is 0.493 e. The van der Waals surface area contributed by atoms with E-state index in [1.165, 1.54) is 20.3 Å². The lowest BCUT2D eigenvalue weighted by molar-refractivity contribution is 0.359. The first-order chi connectivity index (χ1) is 15.5. The minimum Gasteiger partial charge on any atom is -0.493 e. The van der Waals surface area contributed by atoms with Gasteiger partial charge in [-0.15, -0.1) is 0 Å². The zero-order valence-electron chi connectivity index (χ0n) is 18.3. The van der Waals surface area contributed by atoms with Crippen LogP contribution in [0.25, 0.3) is 22.3 Å². The van der Waals surface area contributed by atoms with Gasteiger partial charge in [0.25, 0.3) is 0 Å². The number of hydrogen-bond donors (Lipinski definition) is 0. The van der Waals surface area contributed by atoms with Crippen LogP contribution in [-0.2, 0) is 7.05 Å². The third-order valence-corrected chi connectivity index (χ3v) is 5.11. The molecule has 0 atom stereocenters. The number of halogens is 2. The Morgan fingerprint density at radius 2 is 1.72 bits per heavy atom. The smallest absolute Gasteiger partial charge is 0.191 e. The molecule has 2 aromatic carbocycles. The minimum absolute atomic E-state index is 0.0983. The quantitative estimate of drug-likeness (QED) is 0.409. The van der Waals surface area contributed by atoms with Gasteiger partial charge in [-0.25, -0.2) is 13.8 Å². The molecule has 0 fully saturated rings. The molecule has 0 spiro atoms. The van der Waals surface area contributed by atoms with Crippen molar-refractivity contribution in [1.82, 2.24) is 19.7 Å². The van der Waals surface area contributed by atoms with Gasteiger partial charge in [0.15, 0.2) is 23.1 Å². The molecule has 2 aromatic heterocycles.